The number of hydrogen-bond acceptors (Lipinski definition) is 7. The Hall–Kier alpha value is -3.04. The number of pyridine rings is 1. The van der Waals surface area contributed by atoms with E-state index in [4.69, 9.17) is 32.7 Å². The smallest absolute Gasteiger partial charge is 0.124 e. The second kappa shape index (κ2) is 12.8. The summed E-state index contributed by atoms with van der Waals surface area (Å²) in [5, 5.41) is 17.1. The quantitative estimate of drug-likeness (QED) is 0.268. The van der Waals surface area contributed by atoms with Crippen molar-refractivity contribution in [1.82, 2.24) is 20.1 Å². The molecule has 0 bridgehead atoms. The Bertz CT molecular complexity index is 1260. The maximum absolute atomic E-state index is 6.29. The second-order valence-electron chi connectivity index (χ2n) is 8.24. The van der Waals surface area contributed by atoms with Gasteiger partial charge in [0, 0.05) is 49.7 Å². The highest BCUT2D eigenvalue weighted by molar-refractivity contribution is 6.35. The number of aromatic amines is 1. The molecular weight excluding hydrogens is 499 g/mol. The van der Waals surface area contributed by atoms with E-state index in [0.717, 1.165) is 55.9 Å². The summed E-state index contributed by atoms with van der Waals surface area (Å²) in [4.78, 5) is 6.39. The van der Waals surface area contributed by atoms with E-state index < -0.39 is 0 Å². The van der Waals surface area contributed by atoms with E-state index >= 15 is 0 Å². The number of benzene rings is 1. The van der Waals surface area contributed by atoms with Crippen LogP contribution in [0.2, 0.25) is 10.0 Å². The van der Waals surface area contributed by atoms with Crippen LogP contribution in [0.15, 0.2) is 59.0 Å². The first-order valence-corrected chi connectivity index (χ1v) is 12.4. The highest BCUT2D eigenvalue weighted by atomic mass is 35.5. The highest BCUT2D eigenvalue weighted by Crippen LogP contribution is 2.33. The van der Waals surface area contributed by atoms with E-state index in [2.05, 4.69) is 43.1 Å². The Labute approximate surface area is 220 Å². The van der Waals surface area contributed by atoms with Gasteiger partial charge in [-0.05, 0) is 49.8 Å². The van der Waals surface area contributed by atoms with Gasteiger partial charge in [-0.2, -0.15) is 15.3 Å². The second-order valence-corrected chi connectivity index (χ2v) is 9.05. The molecule has 0 amide bonds. The largest absolute Gasteiger partial charge is 0.486 e. The minimum atomic E-state index is -0.364. The molecule has 1 aromatic carbocycles. The number of aromatic nitrogens is 3. The zero-order valence-electron chi connectivity index (χ0n) is 20.0. The summed E-state index contributed by atoms with van der Waals surface area (Å²) in [6, 6.07) is 5.72. The van der Waals surface area contributed by atoms with Crippen molar-refractivity contribution in [3.05, 3.63) is 70.1 Å². The lowest BCUT2D eigenvalue weighted by Gasteiger charge is -2.25. The molecule has 8 nitrogen and oxygen atoms in total. The molecule has 1 aliphatic heterocycles. The molecule has 2 aromatic heterocycles. The summed E-state index contributed by atoms with van der Waals surface area (Å²) in [5.41, 5.74) is 3.02. The number of rotatable bonds is 10. The van der Waals surface area contributed by atoms with Crippen LogP contribution in [0.25, 0.3) is 17.0 Å². The van der Waals surface area contributed by atoms with Crippen molar-refractivity contribution in [2.45, 2.75) is 19.4 Å². The van der Waals surface area contributed by atoms with Gasteiger partial charge in [0.2, 0.25) is 0 Å². The molecule has 1 unspecified atom stereocenters. The highest BCUT2D eigenvalue weighted by Gasteiger charge is 2.16. The van der Waals surface area contributed by atoms with Crippen LogP contribution in [-0.4, -0.2) is 65.4 Å². The fraction of sp³-hybridized carbons (Fsp3) is 0.308. The van der Waals surface area contributed by atoms with Gasteiger partial charge in [-0.15, -0.1) is 0 Å². The summed E-state index contributed by atoms with van der Waals surface area (Å²) in [5.74, 6) is 0.666. The molecule has 1 fully saturated rings. The molecule has 1 atom stereocenters. The number of fused-ring (bicyclic) bond motifs is 1. The summed E-state index contributed by atoms with van der Waals surface area (Å²) in [7, 11) is 0. The average Bonchev–Trinajstić information content (AvgIpc) is 3.28. The van der Waals surface area contributed by atoms with E-state index in [9.17, 15) is 0 Å². The molecule has 36 heavy (non-hydrogen) atoms. The first-order chi connectivity index (χ1) is 17.5. The molecule has 3 heterocycles. The molecule has 3 aromatic rings. The third-order valence-electron chi connectivity index (χ3n) is 5.78. The van der Waals surface area contributed by atoms with Gasteiger partial charge in [0.1, 0.15) is 11.9 Å². The molecule has 0 spiro atoms. The van der Waals surface area contributed by atoms with Crippen molar-refractivity contribution in [3.63, 3.8) is 0 Å². The van der Waals surface area contributed by atoms with Gasteiger partial charge in [0.05, 0.1) is 40.2 Å². The zero-order chi connectivity index (χ0) is 25.3. The lowest BCUT2D eigenvalue weighted by Crippen LogP contribution is -2.36. The van der Waals surface area contributed by atoms with E-state index in [1.54, 1.807) is 12.4 Å². The van der Waals surface area contributed by atoms with Crippen molar-refractivity contribution < 1.29 is 9.47 Å². The Kier molecular flexibility index (Phi) is 9.24. The maximum atomic E-state index is 6.29. The zero-order valence-corrected chi connectivity index (χ0v) is 21.5. The monoisotopic (exact) mass is 526 g/mol. The number of morpholine rings is 1. The van der Waals surface area contributed by atoms with Gasteiger partial charge in [0.25, 0.3) is 0 Å². The Morgan fingerprint density at radius 1 is 1.25 bits per heavy atom. The maximum Gasteiger partial charge on any atom is 0.124 e. The van der Waals surface area contributed by atoms with Crippen LogP contribution < -0.4 is 4.74 Å². The first-order valence-electron chi connectivity index (χ1n) is 11.7. The van der Waals surface area contributed by atoms with Crippen LogP contribution >= 0.6 is 23.2 Å². The third kappa shape index (κ3) is 6.79. The average molecular weight is 527 g/mol. The molecule has 1 aliphatic rings. The molecule has 0 radical (unpaired) electrons. The molecule has 10 heteroatoms. The summed E-state index contributed by atoms with van der Waals surface area (Å²) < 4.78 is 11.5. The van der Waals surface area contributed by atoms with Crippen LogP contribution in [0.4, 0.5) is 0 Å². The molecule has 0 saturated carbocycles. The summed E-state index contributed by atoms with van der Waals surface area (Å²) in [6.45, 7) is 9.91. The van der Waals surface area contributed by atoms with E-state index in [0.29, 0.717) is 27.1 Å². The van der Waals surface area contributed by atoms with Crippen LogP contribution in [0.3, 0.4) is 0 Å². The van der Waals surface area contributed by atoms with Crippen LogP contribution in [-0.2, 0) is 4.74 Å². The number of halogens is 2. The fourth-order valence-corrected chi connectivity index (χ4v) is 4.61. The lowest BCUT2D eigenvalue weighted by molar-refractivity contribution is 0.0387. The predicted molar refractivity (Wildman–Crippen MR) is 146 cm³/mol. The van der Waals surface area contributed by atoms with Crippen molar-refractivity contribution in [1.29, 1.82) is 0 Å². The van der Waals surface area contributed by atoms with Gasteiger partial charge in [-0.25, -0.2) is 0 Å². The van der Waals surface area contributed by atoms with E-state index in [1.807, 2.05) is 43.4 Å². The van der Waals surface area contributed by atoms with Crippen molar-refractivity contribution >= 4 is 52.6 Å². The number of nitrogens with one attached hydrogen (secondary N) is 1. The Balaban J connectivity index is 1.45. The van der Waals surface area contributed by atoms with Crippen molar-refractivity contribution in [3.8, 4) is 5.75 Å². The minimum Gasteiger partial charge on any atom is -0.486 e. The fourth-order valence-electron chi connectivity index (χ4n) is 3.94. The van der Waals surface area contributed by atoms with Gasteiger partial charge >= 0.3 is 0 Å². The van der Waals surface area contributed by atoms with Gasteiger partial charge in [-0.3, -0.25) is 15.0 Å². The standard InChI is InChI=1S/C26H28Cl2N6O2/c1-18(26-22(27)16-30-17-23(26)28)36-20-7-9-25-21(15-20)24(32-33-25)8-6-19(31-29-2)5-3-4-10-34-11-13-35-14-12-34/h3,5-9,15-18H,2,4,10-14H2,1H3,(H,32,33)/b5-3-,8-6+,31-19+. The Morgan fingerprint density at radius 2 is 2.03 bits per heavy atom. The summed E-state index contributed by atoms with van der Waals surface area (Å²) in [6.07, 6.45) is 11.4. The number of hydrogen-bond donors (Lipinski definition) is 1. The van der Waals surface area contributed by atoms with Crippen LogP contribution in [0.5, 0.6) is 5.75 Å². The SMILES string of the molecule is C=N/N=C(\C=C/CCN1CCOCC1)/C=C/c1n[nH]c2ccc(OC(C)c3c(Cl)cncc3Cl)cc12. The van der Waals surface area contributed by atoms with E-state index in [-0.39, 0.29) is 6.10 Å². The van der Waals surface area contributed by atoms with Gasteiger partial charge < -0.3 is 9.47 Å². The summed E-state index contributed by atoms with van der Waals surface area (Å²) >= 11 is 12.6. The normalized spacial score (nSPS) is 16.2. The van der Waals surface area contributed by atoms with Gasteiger partial charge in [-0.1, -0.05) is 29.3 Å². The number of ether oxygens (including phenoxy) is 2. The van der Waals surface area contributed by atoms with Crippen molar-refractivity contribution in [2.24, 2.45) is 10.2 Å². The molecule has 188 valence electrons. The first kappa shape index (κ1) is 26.0. The van der Waals surface area contributed by atoms with Crippen LogP contribution in [0.1, 0.15) is 30.7 Å². The Morgan fingerprint density at radius 3 is 2.78 bits per heavy atom. The lowest BCUT2D eigenvalue weighted by atomic mass is 10.1. The van der Waals surface area contributed by atoms with Gasteiger partial charge in [0.15, 0.2) is 0 Å². The molecule has 1 saturated heterocycles. The third-order valence-corrected chi connectivity index (χ3v) is 6.38. The molecule has 1 N–H and O–H groups in total. The molecule has 4 rings (SSSR count). The molecule has 0 aliphatic carbocycles. The number of H-pyrrole nitrogens is 1. The minimum absolute atomic E-state index is 0.364. The van der Waals surface area contributed by atoms with Crippen LogP contribution in [0, 0.1) is 0 Å². The van der Waals surface area contributed by atoms with E-state index in [1.165, 1.54) is 0 Å². The molecular formula is C26H28Cl2N6O2. The van der Waals surface area contributed by atoms with Crippen molar-refractivity contribution in [2.75, 3.05) is 32.8 Å². The number of allylic oxidation sites excluding steroid dienone is 2. The number of nitrogens with zero attached hydrogens (tertiary/aromatic N) is 5. The topological polar surface area (TPSA) is 88.0 Å². The predicted octanol–water partition coefficient (Wildman–Crippen LogP) is 5.75.